The van der Waals surface area contributed by atoms with E-state index in [1.165, 1.54) is 24.6 Å². The van der Waals surface area contributed by atoms with E-state index in [9.17, 15) is 14.9 Å². The zero-order chi connectivity index (χ0) is 14.4. The van der Waals surface area contributed by atoms with Crippen LogP contribution in [0.3, 0.4) is 0 Å². The molecule has 1 heterocycles. The second-order valence-electron chi connectivity index (χ2n) is 4.10. The summed E-state index contributed by atoms with van der Waals surface area (Å²) in [7, 11) is 0. The molecule has 6 heteroatoms. The molecule has 1 fully saturated rings. The highest BCUT2D eigenvalue weighted by Crippen LogP contribution is 2.34. The number of carbonyl (C=O) groups excluding carboxylic acids is 1. The monoisotopic (exact) mass is 307 g/mol. The van der Waals surface area contributed by atoms with E-state index in [1.807, 2.05) is 0 Å². The van der Waals surface area contributed by atoms with Gasteiger partial charge in [0.1, 0.15) is 0 Å². The maximum atomic E-state index is 11.8. The van der Waals surface area contributed by atoms with Gasteiger partial charge in [-0.3, -0.25) is 14.9 Å². The summed E-state index contributed by atoms with van der Waals surface area (Å²) < 4.78 is 1.05. The fourth-order valence-electron chi connectivity index (χ4n) is 1.61. The Labute approximate surface area is 125 Å². The van der Waals surface area contributed by atoms with E-state index in [1.54, 1.807) is 47.8 Å². The predicted molar refractivity (Wildman–Crippen MR) is 84.8 cm³/mol. The average Bonchev–Trinajstić information content (AvgIpc) is 2.46. The number of nitro groups is 1. The summed E-state index contributed by atoms with van der Waals surface area (Å²) in [6.07, 6.45) is 5.85. The van der Waals surface area contributed by atoms with E-state index in [4.69, 9.17) is 0 Å². The van der Waals surface area contributed by atoms with Crippen LogP contribution >= 0.6 is 23.5 Å². The van der Waals surface area contributed by atoms with Crippen molar-refractivity contribution in [3.63, 3.8) is 0 Å². The van der Waals surface area contributed by atoms with E-state index in [2.05, 4.69) is 0 Å². The van der Waals surface area contributed by atoms with Gasteiger partial charge in [0.25, 0.3) is 5.69 Å². The Morgan fingerprint density at radius 2 is 2.05 bits per heavy atom. The van der Waals surface area contributed by atoms with Crippen LogP contribution in [0.25, 0.3) is 6.08 Å². The lowest BCUT2D eigenvalue weighted by molar-refractivity contribution is -0.384. The molecule has 1 aromatic rings. The average molecular weight is 307 g/mol. The molecule has 20 heavy (non-hydrogen) atoms. The maximum absolute atomic E-state index is 11.8. The molecule has 104 valence electrons. The van der Waals surface area contributed by atoms with Crippen molar-refractivity contribution in [2.45, 2.75) is 6.42 Å². The first kappa shape index (κ1) is 14.9. The Morgan fingerprint density at radius 3 is 2.75 bits per heavy atom. The Kier molecular flexibility index (Phi) is 5.43. The highest BCUT2D eigenvalue weighted by Gasteiger charge is 2.08. The number of hydrogen-bond donors (Lipinski definition) is 0. The minimum atomic E-state index is -0.448. The van der Waals surface area contributed by atoms with Crippen LogP contribution < -0.4 is 0 Å². The first-order valence-electron chi connectivity index (χ1n) is 6.09. The highest BCUT2D eigenvalue weighted by atomic mass is 32.2. The van der Waals surface area contributed by atoms with Gasteiger partial charge in [-0.25, -0.2) is 0 Å². The molecule has 0 aliphatic carbocycles. The van der Waals surface area contributed by atoms with E-state index < -0.39 is 4.92 Å². The van der Waals surface area contributed by atoms with E-state index >= 15 is 0 Å². The summed E-state index contributed by atoms with van der Waals surface area (Å²) in [4.78, 5) is 22.0. The van der Waals surface area contributed by atoms with Gasteiger partial charge in [-0.05, 0) is 29.6 Å². The van der Waals surface area contributed by atoms with Gasteiger partial charge < -0.3 is 0 Å². The number of rotatable bonds is 4. The van der Waals surface area contributed by atoms with Crippen LogP contribution in [-0.4, -0.2) is 22.2 Å². The van der Waals surface area contributed by atoms with Gasteiger partial charge in [0.05, 0.1) is 4.92 Å². The van der Waals surface area contributed by atoms with Crippen LogP contribution in [0.5, 0.6) is 0 Å². The smallest absolute Gasteiger partial charge is 0.270 e. The van der Waals surface area contributed by atoms with E-state index in [-0.39, 0.29) is 11.5 Å². The van der Waals surface area contributed by atoms with Crippen molar-refractivity contribution in [1.29, 1.82) is 0 Å². The molecule has 4 nitrogen and oxygen atoms in total. The normalized spacial score (nSPS) is 15.3. The van der Waals surface area contributed by atoms with Crippen molar-refractivity contribution in [3.05, 3.63) is 56.3 Å². The molecule has 2 rings (SSSR count). The molecule has 1 aliphatic heterocycles. The van der Waals surface area contributed by atoms with Gasteiger partial charge in [-0.1, -0.05) is 18.2 Å². The van der Waals surface area contributed by atoms with Crippen molar-refractivity contribution >= 4 is 41.1 Å². The quantitative estimate of drug-likeness (QED) is 0.480. The summed E-state index contributed by atoms with van der Waals surface area (Å²) in [5.74, 6) is 2.02. The molecule has 0 aromatic heterocycles. The molecular weight excluding hydrogens is 294 g/mol. The molecule has 0 N–H and O–H groups in total. The van der Waals surface area contributed by atoms with Gasteiger partial charge in [0.15, 0.2) is 5.78 Å². The molecule has 0 amide bonds. The van der Waals surface area contributed by atoms with Crippen molar-refractivity contribution in [2.24, 2.45) is 0 Å². The molecule has 1 aliphatic rings. The number of carbonyl (C=O) groups is 1. The predicted octanol–water partition coefficient (Wildman–Crippen LogP) is 3.89. The van der Waals surface area contributed by atoms with Crippen LogP contribution in [0.2, 0.25) is 0 Å². The van der Waals surface area contributed by atoms with Crippen molar-refractivity contribution in [1.82, 2.24) is 0 Å². The summed E-state index contributed by atoms with van der Waals surface area (Å²) in [6, 6.07) is 6.21. The Hall–Kier alpha value is -1.53. The van der Waals surface area contributed by atoms with Crippen molar-refractivity contribution in [2.75, 3.05) is 11.5 Å². The summed E-state index contributed by atoms with van der Waals surface area (Å²) >= 11 is 3.40. The molecule has 1 saturated heterocycles. The third-order valence-electron chi connectivity index (χ3n) is 2.56. The second-order valence-corrected chi connectivity index (χ2v) is 6.63. The topological polar surface area (TPSA) is 60.2 Å². The number of allylic oxidation sites excluding steroid dienone is 2. The van der Waals surface area contributed by atoms with Crippen LogP contribution in [-0.2, 0) is 4.79 Å². The van der Waals surface area contributed by atoms with Crippen molar-refractivity contribution < 1.29 is 9.72 Å². The number of benzene rings is 1. The first-order chi connectivity index (χ1) is 9.65. The van der Waals surface area contributed by atoms with Crippen LogP contribution in [0.1, 0.15) is 12.0 Å². The Morgan fingerprint density at radius 1 is 1.30 bits per heavy atom. The summed E-state index contributed by atoms with van der Waals surface area (Å²) in [5, 5.41) is 10.7. The molecule has 0 radical (unpaired) electrons. The molecule has 0 unspecified atom stereocenters. The fourth-order valence-corrected chi connectivity index (χ4v) is 4.01. The lowest BCUT2D eigenvalue weighted by Crippen LogP contribution is -1.94. The summed E-state index contributed by atoms with van der Waals surface area (Å²) in [5.41, 5.74) is 0.672. The third kappa shape index (κ3) is 4.54. The maximum Gasteiger partial charge on any atom is 0.270 e. The first-order valence-corrected chi connectivity index (χ1v) is 8.06. The minimum absolute atomic E-state index is 0.0244. The molecule has 1 aromatic carbocycles. The molecule has 0 spiro atoms. The zero-order valence-corrected chi connectivity index (χ0v) is 12.3. The van der Waals surface area contributed by atoms with Crippen molar-refractivity contribution in [3.8, 4) is 0 Å². The molecule has 0 atom stereocenters. The standard InChI is InChI=1S/C14H13NO3S2/c16-13(10-14-19-7-2-8-20-14)6-5-11-3-1-4-12(9-11)15(17)18/h1,3-6,9-10H,2,7-8H2/b6-5+. The lowest BCUT2D eigenvalue weighted by Gasteiger charge is -2.11. The van der Waals surface area contributed by atoms with Crippen LogP contribution in [0.4, 0.5) is 5.69 Å². The van der Waals surface area contributed by atoms with E-state index in [0.29, 0.717) is 5.56 Å². The number of nitrogens with zero attached hydrogens (tertiary/aromatic N) is 1. The number of hydrogen-bond acceptors (Lipinski definition) is 5. The third-order valence-corrected chi connectivity index (χ3v) is 5.06. The number of nitro benzene ring substituents is 1. The van der Waals surface area contributed by atoms with Crippen LogP contribution in [0, 0.1) is 10.1 Å². The SMILES string of the molecule is O=C(C=C1SCCCS1)/C=C/c1cccc([N+](=O)[O-])c1. The lowest BCUT2D eigenvalue weighted by atomic mass is 10.2. The minimum Gasteiger partial charge on any atom is -0.290 e. The second kappa shape index (κ2) is 7.31. The van der Waals surface area contributed by atoms with Gasteiger partial charge in [-0.2, -0.15) is 0 Å². The summed E-state index contributed by atoms with van der Waals surface area (Å²) in [6.45, 7) is 0. The zero-order valence-electron chi connectivity index (χ0n) is 10.7. The number of thioether (sulfide) groups is 2. The van der Waals surface area contributed by atoms with Gasteiger partial charge in [0.2, 0.25) is 0 Å². The van der Waals surface area contributed by atoms with Crippen LogP contribution in [0.15, 0.2) is 40.7 Å². The number of non-ortho nitro benzene ring substituents is 1. The molecular formula is C14H13NO3S2. The number of ketones is 1. The Bertz CT molecular complexity index is 574. The molecule has 0 bridgehead atoms. The largest absolute Gasteiger partial charge is 0.290 e. The van der Waals surface area contributed by atoms with Gasteiger partial charge >= 0.3 is 0 Å². The molecule has 0 saturated carbocycles. The highest BCUT2D eigenvalue weighted by molar-refractivity contribution is 8.22. The fraction of sp³-hybridized carbons (Fsp3) is 0.214. The van der Waals surface area contributed by atoms with Gasteiger partial charge in [-0.15, -0.1) is 23.5 Å². The Balaban J connectivity index is 2.03. The van der Waals surface area contributed by atoms with Gasteiger partial charge in [0, 0.05) is 22.4 Å². The van der Waals surface area contributed by atoms with E-state index in [0.717, 1.165) is 15.7 Å².